The molecule has 0 saturated carbocycles. The maximum atomic E-state index is 13.5. The monoisotopic (exact) mass is 421 g/mol. The molecule has 1 atom stereocenters. The Hall–Kier alpha value is -2.86. The summed E-state index contributed by atoms with van der Waals surface area (Å²) in [5.74, 6) is -0.201. The van der Waals surface area contributed by atoms with Gasteiger partial charge in [-0.25, -0.2) is 0 Å². The summed E-state index contributed by atoms with van der Waals surface area (Å²) in [6, 6.07) is 22.7. The van der Waals surface area contributed by atoms with Crippen LogP contribution in [0.4, 0.5) is 11.4 Å². The predicted octanol–water partition coefficient (Wildman–Crippen LogP) is 3.95. The van der Waals surface area contributed by atoms with Gasteiger partial charge >= 0.3 is 0 Å². The summed E-state index contributed by atoms with van der Waals surface area (Å²) in [5, 5.41) is 10.5. The lowest BCUT2D eigenvalue weighted by Crippen LogP contribution is -2.45. The van der Waals surface area contributed by atoms with Crippen LogP contribution in [0.1, 0.15) is 21.5 Å². The van der Waals surface area contributed by atoms with E-state index >= 15 is 0 Å². The van der Waals surface area contributed by atoms with E-state index in [1.54, 1.807) is 23.1 Å². The quantitative estimate of drug-likeness (QED) is 0.626. The normalized spacial score (nSPS) is 16.7. The van der Waals surface area contributed by atoms with Crippen LogP contribution in [0.2, 0.25) is 5.02 Å². The average Bonchev–Trinajstić information content (AvgIpc) is 2.90. The molecule has 4 rings (SSSR count). The van der Waals surface area contributed by atoms with E-state index in [0.29, 0.717) is 35.9 Å². The van der Waals surface area contributed by atoms with Crippen molar-refractivity contribution in [2.45, 2.75) is 19.1 Å². The van der Waals surface area contributed by atoms with Crippen molar-refractivity contribution < 1.29 is 9.90 Å². The van der Waals surface area contributed by atoms with Gasteiger partial charge in [0.05, 0.1) is 23.2 Å². The molecule has 3 aromatic rings. The van der Waals surface area contributed by atoms with E-state index in [-0.39, 0.29) is 18.6 Å². The van der Waals surface area contributed by atoms with Gasteiger partial charge in [0.25, 0.3) is 5.91 Å². The average molecular weight is 422 g/mol. The number of fused-ring (bicyclic) bond motifs is 1. The van der Waals surface area contributed by atoms with Gasteiger partial charge in [-0.05, 0) is 35.4 Å². The largest absolute Gasteiger partial charge is 0.399 e. The molecule has 0 spiro atoms. The van der Waals surface area contributed by atoms with Crippen molar-refractivity contribution in [1.82, 2.24) is 4.90 Å². The molecule has 0 fully saturated rings. The van der Waals surface area contributed by atoms with Crippen molar-refractivity contribution in [3.63, 3.8) is 0 Å². The van der Waals surface area contributed by atoms with Gasteiger partial charge in [-0.15, -0.1) is 0 Å². The minimum absolute atomic E-state index is 0.0555. The van der Waals surface area contributed by atoms with E-state index in [0.717, 1.165) is 16.8 Å². The molecule has 3 N–H and O–H groups in total. The van der Waals surface area contributed by atoms with Crippen LogP contribution in [0.15, 0.2) is 72.8 Å². The molecule has 0 aromatic heterocycles. The highest BCUT2D eigenvalue weighted by molar-refractivity contribution is 6.34. The number of anilines is 2. The molecule has 3 aromatic carbocycles. The predicted molar refractivity (Wildman–Crippen MR) is 121 cm³/mol. The summed E-state index contributed by atoms with van der Waals surface area (Å²) >= 11 is 6.33. The fourth-order valence-electron chi connectivity index (χ4n) is 3.90. The molecular formula is C24H24ClN3O2. The van der Waals surface area contributed by atoms with Crippen LogP contribution in [0.3, 0.4) is 0 Å². The standard InChI is InChI=1S/C24H24ClN3O2/c25-22-12-19(26)10-11-21(22)24(30)28-15-20(16-29)27(13-17-6-2-1-3-7-17)14-18-8-4-5-9-23(18)28/h1-12,20,29H,13-16,26H2/t20-/m0/s1. The number of nitrogens with two attached hydrogens (primary N) is 1. The van der Waals surface area contributed by atoms with Crippen molar-refractivity contribution >= 4 is 28.9 Å². The number of halogens is 1. The number of nitrogen functional groups attached to an aromatic ring is 1. The molecule has 154 valence electrons. The number of carbonyl (C=O) groups is 1. The number of hydrogen-bond acceptors (Lipinski definition) is 4. The molecule has 0 bridgehead atoms. The molecule has 0 aliphatic carbocycles. The lowest BCUT2D eigenvalue weighted by molar-refractivity contribution is 0.0942. The molecule has 5 nitrogen and oxygen atoms in total. The smallest absolute Gasteiger partial charge is 0.259 e. The van der Waals surface area contributed by atoms with Crippen molar-refractivity contribution in [2.24, 2.45) is 0 Å². The molecule has 1 aliphatic rings. The molecule has 30 heavy (non-hydrogen) atoms. The summed E-state index contributed by atoms with van der Waals surface area (Å²) in [6.45, 7) is 1.63. The van der Waals surface area contributed by atoms with Gasteiger partial charge in [-0.1, -0.05) is 60.1 Å². The number of rotatable bonds is 4. The van der Waals surface area contributed by atoms with Gasteiger partial charge in [0.15, 0.2) is 0 Å². The van der Waals surface area contributed by atoms with Crippen LogP contribution in [0, 0.1) is 0 Å². The lowest BCUT2D eigenvalue weighted by Gasteiger charge is -2.30. The van der Waals surface area contributed by atoms with Crippen LogP contribution in [0.25, 0.3) is 0 Å². The topological polar surface area (TPSA) is 69.8 Å². The van der Waals surface area contributed by atoms with Crippen LogP contribution >= 0.6 is 11.6 Å². The third-order valence-electron chi connectivity index (χ3n) is 5.47. The first kappa shape index (κ1) is 20.4. The number of para-hydroxylation sites is 1. The van der Waals surface area contributed by atoms with Gasteiger partial charge in [-0.2, -0.15) is 0 Å². The van der Waals surface area contributed by atoms with Crippen molar-refractivity contribution in [3.8, 4) is 0 Å². The molecule has 0 saturated heterocycles. The Morgan fingerprint density at radius 3 is 2.53 bits per heavy atom. The second-order valence-electron chi connectivity index (χ2n) is 7.51. The van der Waals surface area contributed by atoms with E-state index in [9.17, 15) is 9.90 Å². The van der Waals surface area contributed by atoms with Gasteiger partial charge in [-0.3, -0.25) is 9.69 Å². The molecule has 0 radical (unpaired) electrons. The zero-order chi connectivity index (χ0) is 21.1. The fraction of sp³-hybridized carbons (Fsp3) is 0.208. The van der Waals surface area contributed by atoms with Crippen LogP contribution in [-0.4, -0.2) is 35.1 Å². The molecule has 0 unspecified atom stereocenters. The third kappa shape index (κ3) is 4.19. The lowest BCUT2D eigenvalue weighted by atomic mass is 10.1. The summed E-state index contributed by atoms with van der Waals surface area (Å²) in [7, 11) is 0. The maximum Gasteiger partial charge on any atom is 0.259 e. The molecule has 6 heteroatoms. The van der Waals surface area contributed by atoms with Crippen molar-refractivity contribution in [2.75, 3.05) is 23.8 Å². The van der Waals surface area contributed by atoms with E-state index in [1.807, 2.05) is 42.5 Å². The Balaban J connectivity index is 1.71. The molecule has 1 amide bonds. The highest BCUT2D eigenvalue weighted by Gasteiger charge is 2.31. The first-order valence-corrected chi connectivity index (χ1v) is 10.3. The van der Waals surface area contributed by atoms with Gasteiger partial charge < -0.3 is 15.7 Å². The minimum Gasteiger partial charge on any atom is -0.399 e. The Bertz CT molecular complexity index is 1040. The van der Waals surface area contributed by atoms with Crippen LogP contribution < -0.4 is 10.6 Å². The number of hydrogen-bond donors (Lipinski definition) is 2. The SMILES string of the molecule is Nc1ccc(C(=O)N2C[C@@H](CO)N(Cc3ccccc3)Cc3ccccc32)c(Cl)c1. The number of carbonyl (C=O) groups excluding carboxylic acids is 1. The van der Waals surface area contributed by atoms with E-state index in [4.69, 9.17) is 17.3 Å². The number of nitrogens with zero attached hydrogens (tertiary/aromatic N) is 2. The summed E-state index contributed by atoms with van der Waals surface area (Å²) in [6.07, 6.45) is 0. The number of aliphatic hydroxyl groups excluding tert-OH is 1. The highest BCUT2D eigenvalue weighted by Crippen LogP contribution is 2.31. The van der Waals surface area contributed by atoms with Crippen LogP contribution in [-0.2, 0) is 13.1 Å². The summed E-state index contributed by atoms with van der Waals surface area (Å²) in [4.78, 5) is 17.4. The van der Waals surface area contributed by atoms with Gasteiger partial charge in [0, 0.05) is 31.0 Å². The number of aliphatic hydroxyl groups is 1. The van der Waals surface area contributed by atoms with E-state index in [1.165, 1.54) is 0 Å². The second-order valence-corrected chi connectivity index (χ2v) is 7.92. The first-order chi connectivity index (χ1) is 14.6. The number of benzene rings is 3. The van der Waals surface area contributed by atoms with E-state index < -0.39 is 0 Å². The minimum atomic E-state index is -0.214. The number of amides is 1. The van der Waals surface area contributed by atoms with E-state index in [2.05, 4.69) is 17.0 Å². The zero-order valence-electron chi connectivity index (χ0n) is 16.5. The van der Waals surface area contributed by atoms with Gasteiger partial charge in [0.2, 0.25) is 0 Å². The summed E-state index contributed by atoms with van der Waals surface area (Å²) < 4.78 is 0. The highest BCUT2D eigenvalue weighted by atomic mass is 35.5. The maximum absolute atomic E-state index is 13.5. The Labute approximate surface area is 181 Å². The van der Waals surface area contributed by atoms with Crippen molar-refractivity contribution in [1.29, 1.82) is 0 Å². The van der Waals surface area contributed by atoms with Gasteiger partial charge in [0.1, 0.15) is 0 Å². The summed E-state index contributed by atoms with van der Waals surface area (Å²) in [5.41, 5.74) is 9.73. The molecule has 1 aliphatic heterocycles. The molecular weight excluding hydrogens is 398 g/mol. The Morgan fingerprint density at radius 2 is 1.80 bits per heavy atom. The fourth-order valence-corrected chi connectivity index (χ4v) is 4.17. The third-order valence-corrected chi connectivity index (χ3v) is 5.79. The zero-order valence-corrected chi connectivity index (χ0v) is 17.3. The first-order valence-electron chi connectivity index (χ1n) is 9.90. The Kier molecular flexibility index (Phi) is 6.04. The second kappa shape index (κ2) is 8.88. The Morgan fingerprint density at radius 1 is 1.07 bits per heavy atom. The van der Waals surface area contributed by atoms with Crippen molar-refractivity contribution in [3.05, 3.63) is 94.5 Å². The van der Waals surface area contributed by atoms with Crippen LogP contribution in [0.5, 0.6) is 0 Å². The molecule has 1 heterocycles.